The van der Waals surface area contributed by atoms with Crippen molar-refractivity contribution < 1.29 is 18.4 Å². The first-order chi connectivity index (χ1) is 8.99. The standard InChI is InChI=1S/C12H8F2N2O3/c13-9-5-6-10(16(17)18)12(11(9)14)19-8-3-1-7(15)2-4-8/h1-6H,15H2. The van der Waals surface area contributed by atoms with Crippen molar-refractivity contribution >= 4 is 11.4 Å². The number of nitrogens with two attached hydrogens (primary N) is 1. The van der Waals surface area contributed by atoms with Crippen LogP contribution in [-0.2, 0) is 0 Å². The van der Waals surface area contributed by atoms with Gasteiger partial charge < -0.3 is 10.5 Å². The predicted molar refractivity (Wildman–Crippen MR) is 63.9 cm³/mol. The van der Waals surface area contributed by atoms with Crippen LogP contribution in [0.5, 0.6) is 11.5 Å². The summed E-state index contributed by atoms with van der Waals surface area (Å²) < 4.78 is 31.7. The molecule has 2 aromatic rings. The van der Waals surface area contributed by atoms with Crippen LogP contribution in [0.25, 0.3) is 0 Å². The van der Waals surface area contributed by atoms with Crippen LogP contribution in [0.1, 0.15) is 0 Å². The Kier molecular flexibility index (Phi) is 3.28. The van der Waals surface area contributed by atoms with E-state index in [1.165, 1.54) is 24.3 Å². The molecule has 0 aliphatic carbocycles. The third kappa shape index (κ3) is 2.59. The van der Waals surface area contributed by atoms with Gasteiger partial charge in [0.1, 0.15) is 5.75 Å². The smallest absolute Gasteiger partial charge is 0.314 e. The molecule has 0 amide bonds. The summed E-state index contributed by atoms with van der Waals surface area (Å²) >= 11 is 0. The molecule has 0 bridgehead atoms. The Morgan fingerprint density at radius 2 is 1.74 bits per heavy atom. The van der Waals surface area contributed by atoms with E-state index in [-0.39, 0.29) is 5.75 Å². The number of ether oxygens (including phenoxy) is 1. The molecule has 0 aliphatic heterocycles. The maximum absolute atomic E-state index is 13.6. The van der Waals surface area contributed by atoms with Crippen molar-refractivity contribution in [3.63, 3.8) is 0 Å². The number of nitro benzene ring substituents is 1. The van der Waals surface area contributed by atoms with Crippen LogP contribution < -0.4 is 10.5 Å². The highest BCUT2D eigenvalue weighted by Crippen LogP contribution is 2.35. The van der Waals surface area contributed by atoms with E-state index in [2.05, 4.69) is 0 Å². The zero-order valence-electron chi connectivity index (χ0n) is 9.47. The average Bonchev–Trinajstić information content (AvgIpc) is 2.37. The van der Waals surface area contributed by atoms with E-state index >= 15 is 0 Å². The van der Waals surface area contributed by atoms with E-state index in [0.29, 0.717) is 11.8 Å². The van der Waals surface area contributed by atoms with Gasteiger partial charge in [0.25, 0.3) is 0 Å². The van der Waals surface area contributed by atoms with Crippen molar-refractivity contribution in [3.8, 4) is 11.5 Å². The molecule has 98 valence electrons. The molecule has 5 nitrogen and oxygen atoms in total. The third-order valence-corrected chi connectivity index (χ3v) is 2.33. The quantitative estimate of drug-likeness (QED) is 0.525. The summed E-state index contributed by atoms with van der Waals surface area (Å²) in [4.78, 5) is 9.89. The molecule has 0 spiro atoms. The van der Waals surface area contributed by atoms with Crippen molar-refractivity contribution in [2.24, 2.45) is 0 Å². The number of hydrogen-bond acceptors (Lipinski definition) is 4. The minimum absolute atomic E-state index is 0.113. The van der Waals surface area contributed by atoms with Crippen molar-refractivity contribution in [1.82, 2.24) is 0 Å². The number of anilines is 1. The lowest BCUT2D eigenvalue weighted by atomic mass is 10.2. The molecule has 0 unspecified atom stereocenters. The molecule has 19 heavy (non-hydrogen) atoms. The first-order valence-electron chi connectivity index (χ1n) is 5.15. The Hall–Kier alpha value is -2.70. The fourth-order valence-electron chi connectivity index (χ4n) is 1.42. The fourth-order valence-corrected chi connectivity index (χ4v) is 1.42. The predicted octanol–water partition coefficient (Wildman–Crippen LogP) is 3.25. The zero-order chi connectivity index (χ0) is 14.0. The molecule has 0 aliphatic rings. The van der Waals surface area contributed by atoms with Gasteiger partial charge in [0.2, 0.25) is 11.6 Å². The second kappa shape index (κ2) is 4.89. The lowest BCUT2D eigenvalue weighted by Gasteiger charge is -2.07. The van der Waals surface area contributed by atoms with Crippen LogP contribution in [-0.4, -0.2) is 4.92 Å². The number of nitrogens with zero attached hydrogens (tertiary/aromatic N) is 1. The van der Waals surface area contributed by atoms with E-state index in [0.717, 1.165) is 6.07 Å². The van der Waals surface area contributed by atoms with Gasteiger partial charge >= 0.3 is 5.69 Å². The molecule has 0 radical (unpaired) electrons. The first-order valence-corrected chi connectivity index (χ1v) is 5.15. The molecule has 0 saturated carbocycles. The van der Waals surface area contributed by atoms with Gasteiger partial charge in [-0.1, -0.05) is 0 Å². The Bertz CT molecular complexity index is 630. The van der Waals surface area contributed by atoms with Gasteiger partial charge in [0.15, 0.2) is 5.82 Å². The van der Waals surface area contributed by atoms with Crippen molar-refractivity contribution in [2.45, 2.75) is 0 Å². The van der Waals surface area contributed by atoms with E-state index < -0.39 is 28.0 Å². The molecule has 7 heteroatoms. The topological polar surface area (TPSA) is 78.4 Å². The molecular formula is C12H8F2N2O3. The van der Waals surface area contributed by atoms with Gasteiger partial charge in [-0.2, -0.15) is 4.39 Å². The summed E-state index contributed by atoms with van der Waals surface area (Å²) in [6.45, 7) is 0. The minimum atomic E-state index is -1.41. The summed E-state index contributed by atoms with van der Waals surface area (Å²) in [5, 5.41) is 10.7. The van der Waals surface area contributed by atoms with Crippen molar-refractivity contribution in [1.29, 1.82) is 0 Å². The molecule has 0 saturated heterocycles. The van der Waals surface area contributed by atoms with Crippen LogP contribution >= 0.6 is 0 Å². The molecular weight excluding hydrogens is 258 g/mol. The fraction of sp³-hybridized carbons (Fsp3) is 0. The number of halogens is 2. The number of nitrogen functional groups attached to an aromatic ring is 1. The van der Waals surface area contributed by atoms with Crippen LogP contribution in [0, 0.1) is 21.7 Å². The van der Waals surface area contributed by atoms with Crippen LogP contribution in [0.2, 0.25) is 0 Å². The SMILES string of the molecule is Nc1ccc(Oc2c([N+](=O)[O-])ccc(F)c2F)cc1. The molecule has 2 rings (SSSR count). The molecule has 0 aromatic heterocycles. The third-order valence-electron chi connectivity index (χ3n) is 2.33. The maximum Gasteiger partial charge on any atom is 0.314 e. The number of nitro groups is 1. The molecule has 0 atom stereocenters. The highest BCUT2D eigenvalue weighted by atomic mass is 19.2. The van der Waals surface area contributed by atoms with Crippen molar-refractivity contribution in [3.05, 3.63) is 58.1 Å². The Morgan fingerprint density at radius 3 is 2.32 bits per heavy atom. The second-order valence-electron chi connectivity index (χ2n) is 3.64. The average molecular weight is 266 g/mol. The highest BCUT2D eigenvalue weighted by molar-refractivity contribution is 5.50. The van der Waals surface area contributed by atoms with Gasteiger partial charge in [0, 0.05) is 11.8 Å². The maximum atomic E-state index is 13.6. The second-order valence-corrected chi connectivity index (χ2v) is 3.64. The summed E-state index contributed by atoms with van der Waals surface area (Å²) in [7, 11) is 0. The van der Waals surface area contributed by atoms with Gasteiger partial charge in [-0.3, -0.25) is 10.1 Å². The van der Waals surface area contributed by atoms with E-state index in [1.807, 2.05) is 0 Å². The van der Waals surface area contributed by atoms with Gasteiger partial charge in [-0.15, -0.1) is 0 Å². The largest absolute Gasteiger partial charge is 0.447 e. The zero-order valence-corrected chi connectivity index (χ0v) is 9.47. The number of rotatable bonds is 3. The van der Waals surface area contributed by atoms with E-state index in [9.17, 15) is 18.9 Å². The van der Waals surface area contributed by atoms with Gasteiger partial charge in [-0.25, -0.2) is 4.39 Å². The van der Waals surface area contributed by atoms with Crippen LogP contribution in [0.15, 0.2) is 36.4 Å². The van der Waals surface area contributed by atoms with Crippen molar-refractivity contribution in [2.75, 3.05) is 5.73 Å². The number of hydrogen-bond donors (Lipinski definition) is 1. The van der Waals surface area contributed by atoms with E-state index in [1.54, 1.807) is 0 Å². The van der Waals surface area contributed by atoms with Gasteiger partial charge in [0.05, 0.1) is 4.92 Å². The van der Waals surface area contributed by atoms with Crippen LogP contribution in [0.3, 0.4) is 0 Å². The lowest BCUT2D eigenvalue weighted by molar-refractivity contribution is -0.385. The summed E-state index contributed by atoms with van der Waals surface area (Å²) in [5.41, 5.74) is 5.24. The number of benzene rings is 2. The summed E-state index contributed by atoms with van der Waals surface area (Å²) in [5.74, 6) is -3.29. The van der Waals surface area contributed by atoms with E-state index in [4.69, 9.17) is 10.5 Å². The molecule has 0 fully saturated rings. The lowest BCUT2D eigenvalue weighted by Crippen LogP contribution is -1.98. The Morgan fingerprint density at radius 1 is 1.11 bits per heavy atom. The molecule has 2 aromatic carbocycles. The van der Waals surface area contributed by atoms with Crippen LogP contribution in [0.4, 0.5) is 20.2 Å². The normalized spacial score (nSPS) is 10.2. The molecule has 2 N–H and O–H groups in total. The Labute approximate surface area is 106 Å². The minimum Gasteiger partial charge on any atom is -0.447 e. The Balaban J connectivity index is 2.46. The first kappa shape index (κ1) is 12.7. The summed E-state index contributed by atoms with van der Waals surface area (Å²) in [6, 6.07) is 7.23. The van der Waals surface area contributed by atoms with Gasteiger partial charge in [-0.05, 0) is 30.3 Å². The monoisotopic (exact) mass is 266 g/mol. The summed E-state index contributed by atoms with van der Waals surface area (Å²) in [6.07, 6.45) is 0. The highest BCUT2D eigenvalue weighted by Gasteiger charge is 2.23. The molecule has 0 heterocycles.